The minimum absolute atomic E-state index is 0.0463. The van der Waals surface area contributed by atoms with E-state index in [2.05, 4.69) is 0 Å². The quantitative estimate of drug-likeness (QED) is 0.917. The topological polar surface area (TPSA) is 49.8 Å². The van der Waals surface area contributed by atoms with Crippen LogP contribution in [0.25, 0.3) is 0 Å². The van der Waals surface area contributed by atoms with E-state index in [9.17, 15) is 9.90 Å². The number of amides is 1. The van der Waals surface area contributed by atoms with Crippen molar-refractivity contribution in [2.75, 3.05) is 0 Å². The molecule has 0 unspecified atom stereocenters. The molecule has 20 heavy (non-hydrogen) atoms. The van der Waals surface area contributed by atoms with E-state index in [1.54, 1.807) is 4.90 Å². The van der Waals surface area contributed by atoms with Gasteiger partial charge in [0.05, 0.1) is 6.04 Å². The molecule has 1 saturated heterocycles. The van der Waals surface area contributed by atoms with Crippen LogP contribution >= 0.6 is 0 Å². The highest BCUT2D eigenvalue weighted by Crippen LogP contribution is 2.26. The Kier molecular flexibility index (Phi) is 4.78. The molecule has 0 aliphatic carbocycles. The van der Waals surface area contributed by atoms with Crippen LogP contribution in [-0.2, 0) is 16.0 Å². The number of rotatable bonds is 4. The normalized spacial score (nSPS) is 26.2. The fourth-order valence-electron chi connectivity index (χ4n) is 2.66. The SMILES string of the molecule is CC(C)CC(=O)N1[C@@H](C)O[C@@H](O)[C@@H]1Cc1ccccc1. The maximum Gasteiger partial charge on any atom is 0.225 e. The highest BCUT2D eigenvalue weighted by Gasteiger charge is 2.41. The Morgan fingerprint density at radius 2 is 2.00 bits per heavy atom. The van der Waals surface area contributed by atoms with Gasteiger partial charge in [-0.3, -0.25) is 4.79 Å². The second-order valence-corrected chi connectivity index (χ2v) is 5.78. The summed E-state index contributed by atoms with van der Waals surface area (Å²) in [4.78, 5) is 14.0. The van der Waals surface area contributed by atoms with Gasteiger partial charge in [0, 0.05) is 6.42 Å². The molecule has 110 valence electrons. The number of hydrogen-bond donors (Lipinski definition) is 1. The van der Waals surface area contributed by atoms with E-state index in [1.807, 2.05) is 51.1 Å². The lowest BCUT2D eigenvalue weighted by Crippen LogP contribution is -2.44. The molecular weight excluding hydrogens is 254 g/mol. The molecule has 3 atom stereocenters. The van der Waals surface area contributed by atoms with Crippen molar-refractivity contribution in [1.82, 2.24) is 4.90 Å². The minimum Gasteiger partial charge on any atom is -0.366 e. The van der Waals surface area contributed by atoms with E-state index < -0.39 is 6.29 Å². The first-order chi connectivity index (χ1) is 9.49. The molecule has 1 aromatic carbocycles. The van der Waals surface area contributed by atoms with Crippen molar-refractivity contribution < 1.29 is 14.6 Å². The summed E-state index contributed by atoms with van der Waals surface area (Å²) in [6.45, 7) is 5.84. The van der Waals surface area contributed by atoms with Gasteiger partial charge in [-0.05, 0) is 24.8 Å². The van der Waals surface area contributed by atoms with E-state index in [4.69, 9.17) is 4.74 Å². The fraction of sp³-hybridized carbons (Fsp3) is 0.562. The Morgan fingerprint density at radius 3 is 2.60 bits per heavy atom. The molecule has 1 fully saturated rings. The van der Waals surface area contributed by atoms with E-state index >= 15 is 0 Å². The summed E-state index contributed by atoms with van der Waals surface area (Å²) in [6, 6.07) is 9.57. The van der Waals surface area contributed by atoms with Crippen molar-refractivity contribution in [3.05, 3.63) is 35.9 Å². The molecular formula is C16H23NO3. The monoisotopic (exact) mass is 277 g/mol. The Labute approximate surface area is 120 Å². The summed E-state index contributed by atoms with van der Waals surface area (Å²) in [5, 5.41) is 10.1. The molecule has 2 rings (SSSR count). The van der Waals surface area contributed by atoms with Crippen molar-refractivity contribution in [3.63, 3.8) is 0 Å². The van der Waals surface area contributed by atoms with Crippen molar-refractivity contribution in [1.29, 1.82) is 0 Å². The number of aliphatic hydroxyl groups is 1. The van der Waals surface area contributed by atoms with Crippen molar-refractivity contribution >= 4 is 5.91 Å². The largest absolute Gasteiger partial charge is 0.366 e. The number of carbonyl (C=O) groups excluding carboxylic acids is 1. The van der Waals surface area contributed by atoms with Crippen LogP contribution in [0.3, 0.4) is 0 Å². The molecule has 0 radical (unpaired) electrons. The lowest BCUT2D eigenvalue weighted by atomic mass is 10.0. The predicted molar refractivity (Wildman–Crippen MR) is 76.8 cm³/mol. The second-order valence-electron chi connectivity index (χ2n) is 5.78. The minimum atomic E-state index is -0.915. The summed E-state index contributed by atoms with van der Waals surface area (Å²) in [6.07, 6.45) is -0.201. The van der Waals surface area contributed by atoms with Gasteiger partial charge < -0.3 is 14.7 Å². The molecule has 4 nitrogen and oxygen atoms in total. The summed E-state index contributed by atoms with van der Waals surface area (Å²) in [5.41, 5.74) is 1.09. The summed E-state index contributed by atoms with van der Waals surface area (Å²) >= 11 is 0. The Bertz CT molecular complexity index is 446. The van der Waals surface area contributed by atoms with Gasteiger partial charge in [-0.1, -0.05) is 44.2 Å². The van der Waals surface area contributed by atoms with Crippen LogP contribution in [0.2, 0.25) is 0 Å². The summed E-state index contributed by atoms with van der Waals surface area (Å²) < 4.78 is 5.42. The first kappa shape index (κ1) is 15.0. The standard InChI is InChI=1S/C16H23NO3/c1-11(2)9-15(18)17-12(3)20-16(19)14(17)10-13-7-5-4-6-8-13/h4-8,11-12,14,16,19H,9-10H2,1-3H3/t12-,14+,16-/m1/s1. The van der Waals surface area contributed by atoms with E-state index in [-0.39, 0.29) is 18.2 Å². The molecule has 1 amide bonds. The Hall–Kier alpha value is -1.39. The first-order valence-corrected chi connectivity index (χ1v) is 7.17. The lowest BCUT2D eigenvalue weighted by Gasteiger charge is -2.27. The highest BCUT2D eigenvalue weighted by atomic mass is 16.6. The third-order valence-corrected chi connectivity index (χ3v) is 3.57. The molecule has 1 aliphatic heterocycles. The number of nitrogens with zero attached hydrogens (tertiary/aromatic N) is 1. The third kappa shape index (κ3) is 3.38. The van der Waals surface area contributed by atoms with Crippen molar-refractivity contribution in [2.45, 2.75) is 52.2 Å². The summed E-state index contributed by atoms with van der Waals surface area (Å²) in [7, 11) is 0. The Balaban J connectivity index is 2.13. The van der Waals surface area contributed by atoms with Gasteiger partial charge in [0.2, 0.25) is 5.91 Å². The zero-order valence-electron chi connectivity index (χ0n) is 12.3. The first-order valence-electron chi connectivity index (χ1n) is 7.17. The van der Waals surface area contributed by atoms with Crippen LogP contribution in [0.5, 0.6) is 0 Å². The van der Waals surface area contributed by atoms with Gasteiger partial charge in [0.25, 0.3) is 0 Å². The van der Waals surface area contributed by atoms with Gasteiger partial charge in [-0.25, -0.2) is 0 Å². The molecule has 1 N–H and O–H groups in total. The van der Waals surface area contributed by atoms with Crippen molar-refractivity contribution in [3.8, 4) is 0 Å². The molecule has 1 aromatic rings. The number of aliphatic hydroxyl groups excluding tert-OH is 1. The van der Waals surface area contributed by atoms with Crippen LogP contribution in [0.4, 0.5) is 0 Å². The smallest absolute Gasteiger partial charge is 0.225 e. The predicted octanol–water partition coefficient (Wildman–Crippen LogP) is 2.17. The lowest BCUT2D eigenvalue weighted by molar-refractivity contribution is -0.138. The summed E-state index contributed by atoms with van der Waals surface area (Å²) in [5.74, 6) is 0.342. The van der Waals surface area contributed by atoms with Gasteiger partial charge in [-0.2, -0.15) is 0 Å². The van der Waals surface area contributed by atoms with Crippen LogP contribution in [-0.4, -0.2) is 34.5 Å². The molecule has 4 heteroatoms. The maximum atomic E-state index is 12.3. The highest BCUT2D eigenvalue weighted by molar-refractivity contribution is 5.77. The molecule has 0 aromatic heterocycles. The number of ether oxygens (including phenoxy) is 1. The average molecular weight is 277 g/mol. The molecule has 0 spiro atoms. The fourth-order valence-corrected chi connectivity index (χ4v) is 2.66. The van der Waals surface area contributed by atoms with Crippen LogP contribution < -0.4 is 0 Å². The van der Waals surface area contributed by atoms with E-state index in [0.717, 1.165) is 5.56 Å². The van der Waals surface area contributed by atoms with Crippen molar-refractivity contribution in [2.24, 2.45) is 5.92 Å². The zero-order chi connectivity index (χ0) is 14.7. The number of hydrogen-bond acceptors (Lipinski definition) is 3. The molecule has 1 heterocycles. The van der Waals surface area contributed by atoms with Crippen LogP contribution in [0.1, 0.15) is 32.8 Å². The Morgan fingerprint density at radius 1 is 1.35 bits per heavy atom. The van der Waals surface area contributed by atoms with Gasteiger partial charge in [-0.15, -0.1) is 0 Å². The van der Waals surface area contributed by atoms with Crippen LogP contribution in [0, 0.1) is 5.92 Å². The third-order valence-electron chi connectivity index (χ3n) is 3.57. The molecule has 0 saturated carbocycles. The molecule has 0 bridgehead atoms. The maximum absolute atomic E-state index is 12.3. The second kappa shape index (κ2) is 6.37. The van der Waals surface area contributed by atoms with Gasteiger partial charge in [0.1, 0.15) is 6.23 Å². The number of benzene rings is 1. The van der Waals surface area contributed by atoms with Gasteiger partial charge in [0.15, 0.2) is 6.29 Å². The van der Waals surface area contributed by atoms with Gasteiger partial charge >= 0.3 is 0 Å². The zero-order valence-corrected chi connectivity index (χ0v) is 12.3. The van der Waals surface area contributed by atoms with Crippen LogP contribution in [0.15, 0.2) is 30.3 Å². The number of carbonyl (C=O) groups is 1. The molecule has 1 aliphatic rings. The van der Waals surface area contributed by atoms with E-state index in [0.29, 0.717) is 18.8 Å². The van der Waals surface area contributed by atoms with E-state index in [1.165, 1.54) is 0 Å². The average Bonchev–Trinajstić information content (AvgIpc) is 2.64.